The van der Waals surface area contributed by atoms with Crippen LogP contribution in [-0.4, -0.2) is 14.8 Å². The van der Waals surface area contributed by atoms with Gasteiger partial charge >= 0.3 is 0 Å². The summed E-state index contributed by atoms with van der Waals surface area (Å²) < 4.78 is 1.78. The Hall–Kier alpha value is -1.84. The molecule has 0 aliphatic heterocycles. The first kappa shape index (κ1) is 9.71. The Morgan fingerprint density at radius 1 is 1.13 bits per heavy atom. The fourth-order valence-corrected chi connectivity index (χ4v) is 1.57. The highest BCUT2D eigenvalue weighted by Gasteiger charge is 2.08. The molecule has 0 aromatic carbocycles. The summed E-state index contributed by atoms with van der Waals surface area (Å²) in [6, 6.07) is 5.75. The van der Waals surface area contributed by atoms with Crippen molar-refractivity contribution in [3.63, 3.8) is 0 Å². The van der Waals surface area contributed by atoms with E-state index < -0.39 is 0 Å². The molecular weight excluding hydrogens is 188 g/mol. The van der Waals surface area contributed by atoms with E-state index in [-0.39, 0.29) is 0 Å². The van der Waals surface area contributed by atoms with Gasteiger partial charge in [0.25, 0.3) is 0 Å². The predicted molar refractivity (Wildman–Crippen MR) is 60.0 cm³/mol. The molecular formula is C11H14N4. The van der Waals surface area contributed by atoms with E-state index in [2.05, 4.69) is 10.1 Å². The standard InChI is InChI=1S/C11H14N4/c1-7-4-5-10(12)11(13-7)15-9(3)6-8(2)14-15/h4-6H,12H2,1-3H3. The van der Waals surface area contributed by atoms with Crippen LogP contribution in [0.5, 0.6) is 0 Å². The highest BCUT2D eigenvalue weighted by molar-refractivity contribution is 5.53. The Morgan fingerprint density at radius 3 is 2.47 bits per heavy atom. The maximum Gasteiger partial charge on any atom is 0.177 e. The molecule has 0 atom stereocenters. The molecule has 2 rings (SSSR count). The number of pyridine rings is 1. The number of aromatic nitrogens is 3. The van der Waals surface area contributed by atoms with Crippen LogP contribution in [0.4, 0.5) is 5.69 Å². The van der Waals surface area contributed by atoms with Crippen molar-refractivity contribution >= 4 is 5.69 Å². The average molecular weight is 202 g/mol. The molecule has 0 aliphatic rings. The van der Waals surface area contributed by atoms with E-state index in [0.717, 1.165) is 17.1 Å². The van der Waals surface area contributed by atoms with Gasteiger partial charge in [0, 0.05) is 11.4 Å². The second-order valence-corrected chi connectivity index (χ2v) is 3.70. The van der Waals surface area contributed by atoms with E-state index in [9.17, 15) is 0 Å². The molecule has 0 amide bonds. The molecule has 0 bridgehead atoms. The minimum absolute atomic E-state index is 0.645. The number of hydrogen-bond donors (Lipinski definition) is 1. The second-order valence-electron chi connectivity index (χ2n) is 3.70. The summed E-state index contributed by atoms with van der Waals surface area (Å²) in [4.78, 5) is 4.39. The van der Waals surface area contributed by atoms with Crippen molar-refractivity contribution in [3.05, 3.63) is 35.3 Å². The molecule has 0 fully saturated rings. The van der Waals surface area contributed by atoms with Crippen molar-refractivity contribution in [3.8, 4) is 5.82 Å². The number of anilines is 1. The van der Waals surface area contributed by atoms with Crippen molar-refractivity contribution in [2.75, 3.05) is 5.73 Å². The number of nitrogens with two attached hydrogens (primary N) is 1. The van der Waals surface area contributed by atoms with Gasteiger partial charge in [-0.3, -0.25) is 0 Å². The smallest absolute Gasteiger partial charge is 0.177 e. The molecule has 0 unspecified atom stereocenters. The largest absolute Gasteiger partial charge is 0.396 e. The molecule has 0 radical (unpaired) electrons. The summed E-state index contributed by atoms with van der Waals surface area (Å²) in [6.45, 7) is 5.88. The topological polar surface area (TPSA) is 56.7 Å². The van der Waals surface area contributed by atoms with Crippen molar-refractivity contribution in [2.45, 2.75) is 20.8 Å². The zero-order valence-electron chi connectivity index (χ0n) is 9.15. The van der Waals surface area contributed by atoms with E-state index >= 15 is 0 Å². The molecule has 0 aliphatic carbocycles. The quantitative estimate of drug-likeness (QED) is 0.766. The van der Waals surface area contributed by atoms with Gasteiger partial charge in [-0.25, -0.2) is 9.67 Å². The Kier molecular flexibility index (Phi) is 2.19. The fraction of sp³-hybridized carbons (Fsp3) is 0.273. The van der Waals surface area contributed by atoms with Gasteiger partial charge in [0.1, 0.15) is 0 Å². The second kappa shape index (κ2) is 3.38. The Bertz CT molecular complexity index is 499. The molecule has 2 aromatic heterocycles. The molecule has 0 saturated carbocycles. The Labute approximate surface area is 88.8 Å². The summed E-state index contributed by atoms with van der Waals surface area (Å²) >= 11 is 0. The predicted octanol–water partition coefficient (Wildman–Crippen LogP) is 1.77. The third-order valence-electron chi connectivity index (χ3n) is 2.25. The lowest BCUT2D eigenvalue weighted by Crippen LogP contribution is -2.06. The van der Waals surface area contributed by atoms with Crippen LogP contribution < -0.4 is 5.73 Å². The molecule has 4 heteroatoms. The highest BCUT2D eigenvalue weighted by Crippen LogP contribution is 2.16. The minimum atomic E-state index is 0.645. The summed E-state index contributed by atoms with van der Waals surface area (Å²) in [5, 5.41) is 4.36. The molecule has 2 heterocycles. The summed E-state index contributed by atoms with van der Waals surface area (Å²) in [7, 11) is 0. The van der Waals surface area contributed by atoms with Gasteiger partial charge in [-0.2, -0.15) is 5.10 Å². The van der Waals surface area contributed by atoms with Gasteiger partial charge in [-0.05, 0) is 39.0 Å². The van der Waals surface area contributed by atoms with Gasteiger partial charge in [0.05, 0.1) is 11.4 Å². The minimum Gasteiger partial charge on any atom is -0.396 e. The molecule has 15 heavy (non-hydrogen) atoms. The average Bonchev–Trinajstić information content (AvgIpc) is 2.50. The van der Waals surface area contributed by atoms with Gasteiger partial charge in [-0.15, -0.1) is 0 Å². The van der Waals surface area contributed by atoms with E-state index in [1.165, 1.54) is 0 Å². The van der Waals surface area contributed by atoms with Crippen molar-refractivity contribution in [2.24, 2.45) is 0 Å². The summed E-state index contributed by atoms with van der Waals surface area (Å²) in [5.74, 6) is 0.709. The maximum atomic E-state index is 5.88. The first-order chi connectivity index (χ1) is 7.08. The summed E-state index contributed by atoms with van der Waals surface area (Å²) in [6.07, 6.45) is 0. The molecule has 2 N–H and O–H groups in total. The van der Waals surface area contributed by atoms with E-state index in [4.69, 9.17) is 5.73 Å². The fourth-order valence-electron chi connectivity index (χ4n) is 1.57. The number of nitrogens with zero attached hydrogens (tertiary/aromatic N) is 3. The Balaban J connectivity index is 2.62. The molecule has 4 nitrogen and oxygen atoms in total. The van der Waals surface area contributed by atoms with Gasteiger partial charge in [0.2, 0.25) is 0 Å². The van der Waals surface area contributed by atoms with Crippen LogP contribution in [0.15, 0.2) is 18.2 Å². The van der Waals surface area contributed by atoms with Gasteiger partial charge in [0.15, 0.2) is 5.82 Å². The monoisotopic (exact) mass is 202 g/mol. The van der Waals surface area contributed by atoms with Crippen LogP contribution in [0, 0.1) is 20.8 Å². The van der Waals surface area contributed by atoms with Crippen LogP contribution in [-0.2, 0) is 0 Å². The zero-order valence-corrected chi connectivity index (χ0v) is 9.15. The van der Waals surface area contributed by atoms with E-state index in [0.29, 0.717) is 11.5 Å². The van der Waals surface area contributed by atoms with Gasteiger partial charge in [-0.1, -0.05) is 0 Å². The SMILES string of the molecule is Cc1ccc(N)c(-n2nc(C)cc2C)n1. The van der Waals surface area contributed by atoms with E-state index in [1.54, 1.807) is 4.68 Å². The molecule has 0 saturated heterocycles. The lowest BCUT2D eigenvalue weighted by Gasteiger charge is -2.07. The lowest BCUT2D eigenvalue weighted by molar-refractivity contribution is 0.804. The van der Waals surface area contributed by atoms with Crippen LogP contribution >= 0.6 is 0 Å². The van der Waals surface area contributed by atoms with Crippen molar-refractivity contribution in [1.29, 1.82) is 0 Å². The highest BCUT2D eigenvalue weighted by atomic mass is 15.3. The first-order valence-corrected chi connectivity index (χ1v) is 4.84. The number of rotatable bonds is 1. The summed E-state index contributed by atoms with van der Waals surface area (Å²) in [5.41, 5.74) is 9.47. The van der Waals surface area contributed by atoms with Crippen molar-refractivity contribution < 1.29 is 0 Å². The van der Waals surface area contributed by atoms with Crippen molar-refractivity contribution in [1.82, 2.24) is 14.8 Å². The first-order valence-electron chi connectivity index (χ1n) is 4.84. The normalized spacial score (nSPS) is 10.6. The Morgan fingerprint density at radius 2 is 1.87 bits per heavy atom. The molecule has 2 aromatic rings. The molecule has 78 valence electrons. The lowest BCUT2D eigenvalue weighted by atomic mass is 10.3. The third-order valence-corrected chi connectivity index (χ3v) is 2.25. The van der Waals surface area contributed by atoms with E-state index in [1.807, 2.05) is 39.0 Å². The van der Waals surface area contributed by atoms with Crippen LogP contribution in [0.2, 0.25) is 0 Å². The maximum absolute atomic E-state index is 5.88. The van der Waals surface area contributed by atoms with Crippen LogP contribution in [0.1, 0.15) is 17.1 Å². The van der Waals surface area contributed by atoms with Crippen LogP contribution in [0.3, 0.4) is 0 Å². The number of aryl methyl sites for hydroxylation is 3. The van der Waals surface area contributed by atoms with Crippen LogP contribution in [0.25, 0.3) is 5.82 Å². The third kappa shape index (κ3) is 1.70. The number of nitrogen functional groups attached to an aromatic ring is 1. The molecule has 0 spiro atoms. The number of hydrogen-bond acceptors (Lipinski definition) is 3. The van der Waals surface area contributed by atoms with Gasteiger partial charge < -0.3 is 5.73 Å². The zero-order chi connectivity index (χ0) is 11.0.